The van der Waals surface area contributed by atoms with Gasteiger partial charge in [-0.05, 0) is 42.0 Å². The number of methoxy groups -OCH3 is 1. The number of furan rings is 1. The third-order valence-electron chi connectivity index (χ3n) is 3.77. The lowest BCUT2D eigenvalue weighted by Crippen LogP contribution is -2.05. The molecule has 0 amide bonds. The number of hydrogen-bond acceptors (Lipinski definition) is 6. The Morgan fingerprint density at radius 3 is 2.70 bits per heavy atom. The first-order chi connectivity index (χ1) is 13.1. The highest BCUT2D eigenvalue weighted by Crippen LogP contribution is 2.33. The zero-order chi connectivity index (χ0) is 19.2. The number of hydrazone groups is 1. The minimum atomic E-state index is -0.470. The molecule has 0 atom stereocenters. The molecule has 0 fully saturated rings. The Bertz CT molecular complexity index is 967. The van der Waals surface area contributed by atoms with Gasteiger partial charge in [0.25, 0.3) is 5.69 Å². The van der Waals surface area contributed by atoms with Gasteiger partial charge in [0.2, 0.25) is 0 Å². The molecule has 0 radical (unpaired) electrons. The average Bonchev–Trinajstić information content (AvgIpc) is 3.15. The number of nitrogens with one attached hydrogen (secondary N) is 1. The summed E-state index contributed by atoms with van der Waals surface area (Å²) in [6, 6.07) is 15.4. The van der Waals surface area contributed by atoms with Gasteiger partial charge in [-0.1, -0.05) is 23.7 Å². The van der Waals surface area contributed by atoms with E-state index in [2.05, 4.69) is 10.5 Å². The first kappa shape index (κ1) is 18.5. The van der Waals surface area contributed by atoms with Gasteiger partial charge in [0.1, 0.15) is 17.3 Å². The van der Waals surface area contributed by atoms with Crippen LogP contribution < -0.4 is 10.2 Å². The third kappa shape index (κ3) is 4.65. The van der Waals surface area contributed by atoms with E-state index in [0.29, 0.717) is 34.4 Å². The van der Waals surface area contributed by atoms with Gasteiger partial charge < -0.3 is 14.6 Å². The Labute approximate surface area is 160 Å². The van der Waals surface area contributed by atoms with E-state index in [9.17, 15) is 10.1 Å². The summed E-state index contributed by atoms with van der Waals surface area (Å²) in [5.41, 5.74) is 4.22. The Morgan fingerprint density at radius 2 is 2.00 bits per heavy atom. The molecule has 0 bridgehead atoms. The van der Waals surface area contributed by atoms with Crippen molar-refractivity contribution in [2.24, 2.45) is 5.10 Å². The van der Waals surface area contributed by atoms with Gasteiger partial charge in [-0.15, -0.1) is 0 Å². The van der Waals surface area contributed by atoms with Crippen LogP contribution >= 0.6 is 11.6 Å². The van der Waals surface area contributed by atoms with Crippen molar-refractivity contribution in [3.8, 4) is 17.1 Å². The summed E-state index contributed by atoms with van der Waals surface area (Å²) in [6.45, 7) is 0.533. The predicted molar refractivity (Wildman–Crippen MR) is 103 cm³/mol. The van der Waals surface area contributed by atoms with Crippen LogP contribution in [0.25, 0.3) is 11.3 Å². The summed E-state index contributed by atoms with van der Waals surface area (Å²) in [4.78, 5) is 10.8. The maximum Gasteiger partial charge on any atom is 0.284 e. The first-order valence-corrected chi connectivity index (χ1v) is 8.37. The van der Waals surface area contributed by atoms with E-state index in [-0.39, 0.29) is 5.69 Å². The number of nitro groups is 1. The van der Waals surface area contributed by atoms with Gasteiger partial charge in [-0.2, -0.15) is 5.10 Å². The van der Waals surface area contributed by atoms with E-state index in [4.69, 9.17) is 20.8 Å². The van der Waals surface area contributed by atoms with E-state index >= 15 is 0 Å². The minimum Gasteiger partial charge on any atom is -0.497 e. The van der Waals surface area contributed by atoms with Crippen molar-refractivity contribution in [1.29, 1.82) is 0 Å². The molecule has 7 nitrogen and oxygen atoms in total. The summed E-state index contributed by atoms with van der Waals surface area (Å²) < 4.78 is 10.7. The zero-order valence-electron chi connectivity index (χ0n) is 14.4. The van der Waals surface area contributed by atoms with Crippen LogP contribution in [0.3, 0.4) is 0 Å². The summed E-state index contributed by atoms with van der Waals surface area (Å²) >= 11 is 5.84. The molecule has 0 aliphatic carbocycles. The van der Waals surface area contributed by atoms with Crippen LogP contribution in [0.2, 0.25) is 5.02 Å². The van der Waals surface area contributed by atoms with Crippen LogP contribution in [0.4, 0.5) is 5.69 Å². The van der Waals surface area contributed by atoms with Crippen molar-refractivity contribution in [3.63, 3.8) is 0 Å². The maximum absolute atomic E-state index is 11.3. The smallest absolute Gasteiger partial charge is 0.284 e. The highest BCUT2D eigenvalue weighted by atomic mass is 35.5. The lowest BCUT2D eigenvalue weighted by molar-refractivity contribution is -0.384. The molecule has 0 saturated carbocycles. The molecule has 8 heteroatoms. The molecular formula is C19H16ClN3O4. The number of rotatable bonds is 7. The van der Waals surface area contributed by atoms with Gasteiger partial charge >= 0.3 is 0 Å². The molecule has 0 aliphatic heterocycles. The van der Waals surface area contributed by atoms with Gasteiger partial charge in [-0.3, -0.25) is 10.1 Å². The quantitative estimate of drug-likeness (QED) is 0.363. The Morgan fingerprint density at radius 1 is 1.22 bits per heavy atom. The lowest BCUT2D eigenvalue weighted by atomic mass is 10.1. The SMILES string of the molecule is COc1ccc(-c2ccc(/C=N\NCc3ccc(Cl)cc3)o2)c([N+](=O)[O-])c1. The Balaban J connectivity index is 1.69. The average molecular weight is 386 g/mol. The van der Waals surface area contributed by atoms with Gasteiger partial charge in [0.05, 0.1) is 36.4 Å². The fourth-order valence-electron chi connectivity index (χ4n) is 2.41. The van der Waals surface area contributed by atoms with Crippen LogP contribution in [0.15, 0.2) is 64.1 Å². The highest BCUT2D eigenvalue weighted by molar-refractivity contribution is 6.30. The second-order valence-corrected chi connectivity index (χ2v) is 6.00. The van der Waals surface area contributed by atoms with E-state index < -0.39 is 4.92 Å². The molecule has 1 aromatic heterocycles. The predicted octanol–water partition coefficient (Wildman–Crippen LogP) is 4.64. The lowest BCUT2D eigenvalue weighted by Gasteiger charge is -2.03. The number of nitrogens with zero attached hydrogens (tertiary/aromatic N) is 2. The van der Waals surface area contributed by atoms with E-state index in [1.165, 1.54) is 19.4 Å². The topological polar surface area (TPSA) is 89.9 Å². The van der Waals surface area contributed by atoms with E-state index in [1.807, 2.05) is 24.3 Å². The number of halogens is 1. The fraction of sp³-hybridized carbons (Fsp3) is 0.105. The summed E-state index contributed by atoms with van der Waals surface area (Å²) in [5.74, 6) is 1.26. The second-order valence-electron chi connectivity index (χ2n) is 5.56. The van der Waals surface area contributed by atoms with Crippen LogP contribution in [0, 0.1) is 10.1 Å². The van der Waals surface area contributed by atoms with Crippen molar-refractivity contribution in [1.82, 2.24) is 5.43 Å². The number of ether oxygens (including phenoxy) is 1. The normalized spacial score (nSPS) is 10.9. The van der Waals surface area contributed by atoms with E-state index in [1.54, 1.807) is 24.3 Å². The number of hydrogen-bond donors (Lipinski definition) is 1. The molecule has 0 aliphatic rings. The largest absolute Gasteiger partial charge is 0.497 e. The van der Waals surface area contributed by atoms with Crippen molar-refractivity contribution >= 4 is 23.5 Å². The van der Waals surface area contributed by atoms with Crippen molar-refractivity contribution in [2.45, 2.75) is 6.54 Å². The molecule has 3 aromatic rings. The van der Waals surface area contributed by atoms with Crippen molar-refractivity contribution in [2.75, 3.05) is 7.11 Å². The third-order valence-corrected chi connectivity index (χ3v) is 4.03. The van der Waals surface area contributed by atoms with Crippen LogP contribution in [0.1, 0.15) is 11.3 Å². The second kappa shape index (κ2) is 8.37. The molecule has 3 rings (SSSR count). The highest BCUT2D eigenvalue weighted by Gasteiger charge is 2.19. The molecule has 2 aromatic carbocycles. The molecule has 0 saturated heterocycles. The molecule has 0 spiro atoms. The summed E-state index contributed by atoms with van der Waals surface area (Å²) in [5, 5.41) is 16.1. The standard InChI is InChI=1S/C19H16ClN3O4/c1-26-15-6-8-17(18(10-15)23(24)25)19-9-7-16(27-19)12-22-21-11-13-2-4-14(20)5-3-13/h2-10,12,21H,11H2,1H3/b22-12-. The Hall–Kier alpha value is -3.32. The molecule has 27 heavy (non-hydrogen) atoms. The molecule has 138 valence electrons. The van der Waals surface area contributed by atoms with Gasteiger partial charge in [0, 0.05) is 5.02 Å². The molecule has 1 heterocycles. The van der Waals surface area contributed by atoms with Gasteiger partial charge in [-0.25, -0.2) is 0 Å². The Kier molecular flexibility index (Phi) is 5.73. The maximum atomic E-state index is 11.3. The summed E-state index contributed by atoms with van der Waals surface area (Å²) in [7, 11) is 1.46. The van der Waals surface area contributed by atoms with E-state index in [0.717, 1.165) is 5.56 Å². The number of nitro benzene ring substituents is 1. The van der Waals surface area contributed by atoms with Gasteiger partial charge in [0.15, 0.2) is 0 Å². The monoisotopic (exact) mass is 385 g/mol. The molecule has 1 N–H and O–H groups in total. The first-order valence-electron chi connectivity index (χ1n) is 8.00. The van der Waals surface area contributed by atoms with Crippen LogP contribution in [-0.2, 0) is 6.54 Å². The molecule has 0 unspecified atom stereocenters. The van der Waals surface area contributed by atoms with Crippen molar-refractivity contribution < 1.29 is 14.1 Å². The zero-order valence-corrected chi connectivity index (χ0v) is 15.1. The van der Waals surface area contributed by atoms with Crippen LogP contribution in [-0.4, -0.2) is 18.2 Å². The van der Waals surface area contributed by atoms with Crippen LogP contribution in [0.5, 0.6) is 5.75 Å². The number of benzene rings is 2. The fourth-order valence-corrected chi connectivity index (χ4v) is 2.54. The van der Waals surface area contributed by atoms with Crippen molar-refractivity contribution in [3.05, 3.63) is 81.1 Å². The molecular weight excluding hydrogens is 370 g/mol. The minimum absolute atomic E-state index is 0.0898. The summed E-state index contributed by atoms with van der Waals surface area (Å²) in [6.07, 6.45) is 1.51.